The maximum atomic E-state index is 12.2. The maximum Gasteiger partial charge on any atom is 0.308 e. The first-order valence-electron chi connectivity index (χ1n) is 3.34. The molecule has 0 aliphatic carbocycles. The summed E-state index contributed by atoms with van der Waals surface area (Å²) >= 11 is 4.46. The predicted octanol–water partition coefficient (Wildman–Crippen LogP) is 2.73. The number of carbonyl (C=O) groups is 1. The van der Waals surface area contributed by atoms with E-state index in [1.165, 1.54) is 0 Å². The highest BCUT2D eigenvalue weighted by Crippen LogP contribution is 2.15. The van der Waals surface area contributed by atoms with Crippen LogP contribution in [-0.2, 0) is 9.53 Å². The molecule has 6 heteroatoms. The van der Waals surface area contributed by atoms with E-state index in [0.717, 1.165) is 6.92 Å². The second kappa shape index (κ2) is 5.69. The van der Waals surface area contributed by atoms with E-state index in [0.29, 0.717) is 0 Å². The maximum absolute atomic E-state index is 12.2. The van der Waals surface area contributed by atoms with Crippen molar-refractivity contribution in [3.8, 4) is 0 Å². The lowest BCUT2D eigenvalue weighted by molar-refractivity contribution is -0.132. The smallest absolute Gasteiger partial charge is 0.308 e. The van der Waals surface area contributed by atoms with Crippen LogP contribution in [0.3, 0.4) is 0 Å². The molecule has 0 aromatic carbocycles. The number of rotatable bonds is 3. The first-order chi connectivity index (χ1) is 5.93. The van der Waals surface area contributed by atoms with Gasteiger partial charge in [-0.3, -0.25) is 4.79 Å². The standard InChI is InChI=1S/C7H7F3O2S/c1-4(11)12-6(13)3-2-5(8)7(9)10/h2-3H2,1H3. The summed E-state index contributed by atoms with van der Waals surface area (Å²) in [7, 11) is 0. The topological polar surface area (TPSA) is 26.3 Å². The molecule has 0 saturated carbocycles. The number of ether oxygens (including phenoxy) is 1. The Morgan fingerprint density at radius 1 is 1.31 bits per heavy atom. The van der Waals surface area contributed by atoms with Gasteiger partial charge >= 0.3 is 12.0 Å². The molecular formula is C7H7F3O2S. The first kappa shape index (κ1) is 12.1. The molecule has 0 bridgehead atoms. The van der Waals surface area contributed by atoms with E-state index in [2.05, 4.69) is 17.0 Å². The van der Waals surface area contributed by atoms with Crippen LogP contribution >= 0.6 is 12.2 Å². The van der Waals surface area contributed by atoms with Crippen LogP contribution in [0.25, 0.3) is 0 Å². The van der Waals surface area contributed by atoms with E-state index in [4.69, 9.17) is 0 Å². The van der Waals surface area contributed by atoms with E-state index in [1.54, 1.807) is 0 Å². The van der Waals surface area contributed by atoms with Crippen molar-refractivity contribution in [3.63, 3.8) is 0 Å². The van der Waals surface area contributed by atoms with Gasteiger partial charge < -0.3 is 4.74 Å². The van der Waals surface area contributed by atoms with Gasteiger partial charge in [0.1, 0.15) is 0 Å². The summed E-state index contributed by atoms with van der Waals surface area (Å²) in [4.78, 5) is 10.3. The molecule has 0 aliphatic rings. The van der Waals surface area contributed by atoms with E-state index < -0.39 is 24.3 Å². The monoisotopic (exact) mass is 212 g/mol. The molecule has 0 aromatic rings. The predicted molar refractivity (Wildman–Crippen MR) is 43.9 cm³/mol. The molecule has 0 radical (unpaired) electrons. The van der Waals surface area contributed by atoms with Crippen molar-refractivity contribution >= 4 is 23.2 Å². The molecule has 0 N–H and O–H groups in total. The summed E-state index contributed by atoms with van der Waals surface area (Å²) in [5.74, 6) is -2.18. The number of esters is 1. The Balaban J connectivity index is 3.84. The largest absolute Gasteiger partial charge is 0.419 e. The van der Waals surface area contributed by atoms with Gasteiger partial charge in [0.25, 0.3) is 0 Å². The Bertz CT molecular complexity index is 246. The molecule has 0 spiro atoms. The van der Waals surface area contributed by atoms with Crippen molar-refractivity contribution in [1.82, 2.24) is 0 Å². The van der Waals surface area contributed by atoms with Crippen LogP contribution in [0, 0.1) is 0 Å². The van der Waals surface area contributed by atoms with Crippen LogP contribution in [0.1, 0.15) is 19.8 Å². The second-order valence-corrected chi connectivity index (χ2v) is 2.59. The average Bonchev–Trinajstić information content (AvgIpc) is 1.98. The van der Waals surface area contributed by atoms with Crippen LogP contribution in [0.5, 0.6) is 0 Å². The van der Waals surface area contributed by atoms with E-state index in [9.17, 15) is 18.0 Å². The summed E-state index contributed by atoms with van der Waals surface area (Å²) in [5.41, 5.74) is 0. The normalized spacial score (nSPS) is 9.23. The highest BCUT2D eigenvalue weighted by atomic mass is 32.1. The minimum Gasteiger partial charge on any atom is -0.419 e. The summed E-state index contributed by atoms with van der Waals surface area (Å²) in [6, 6.07) is 0. The van der Waals surface area contributed by atoms with Gasteiger partial charge in [0.2, 0.25) is 0 Å². The molecule has 13 heavy (non-hydrogen) atoms. The highest BCUT2D eigenvalue weighted by Gasteiger charge is 2.08. The third kappa shape index (κ3) is 6.27. The van der Waals surface area contributed by atoms with Gasteiger partial charge in [-0.2, -0.15) is 8.78 Å². The molecule has 0 saturated heterocycles. The fourth-order valence-electron chi connectivity index (χ4n) is 0.518. The lowest BCUT2D eigenvalue weighted by Gasteiger charge is -2.00. The molecule has 0 amide bonds. The van der Waals surface area contributed by atoms with Gasteiger partial charge in [0.15, 0.2) is 10.9 Å². The Morgan fingerprint density at radius 3 is 2.23 bits per heavy atom. The number of hydrogen-bond donors (Lipinski definition) is 0. The Morgan fingerprint density at radius 2 is 1.85 bits per heavy atom. The number of thiocarbonyl (C=S) groups is 1. The lowest BCUT2D eigenvalue weighted by Crippen LogP contribution is -2.06. The second-order valence-electron chi connectivity index (χ2n) is 2.13. The van der Waals surface area contributed by atoms with Gasteiger partial charge in [0, 0.05) is 19.8 Å². The van der Waals surface area contributed by atoms with Crippen LogP contribution in [0.4, 0.5) is 13.2 Å². The molecule has 2 nitrogen and oxygen atoms in total. The Kier molecular flexibility index (Phi) is 5.29. The fourth-order valence-corrected chi connectivity index (χ4v) is 0.737. The Labute approximate surface area is 78.4 Å². The minimum absolute atomic E-state index is 0.191. The van der Waals surface area contributed by atoms with Crippen LogP contribution in [0.15, 0.2) is 11.9 Å². The van der Waals surface area contributed by atoms with E-state index in [-0.39, 0.29) is 11.5 Å². The molecule has 0 unspecified atom stereocenters. The third-order valence-corrected chi connectivity index (χ3v) is 1.30. The summed E-state index contributed by atoms with van der Waals surface area (Å²) in [6.07, 6.45) is -3.13. The minimum atomic E-state index is -2.37. The van der Waals surface area contributed by atoms with Crippen molar-refractivity contribution < 1.29 is 22.7 Å². The van der Waals surface area contributed by atoms with Crippen molar-refractivity contribution in [1.29, 1.82) is 0 Å². The fraction of sp³-hybridized carbons (Fsp3) is 0.429. The zero-order valence-electron chi connectivity index (χ0n) is 6.77. The summed E-state index contributed by atoms with van der Waals surface area (Å²) in [6.45, 7) is 1.12. The third-order valence-electron chi connectivity index (χ3n) is 1.01. The van der Waals surface area contributed by atoms with E-state index in [1.807, 2.05) is 0 Å². The van der Waals surface area contributed by atoms with Gasteiger partial charge in [-0.05, 0) is 12.2 Å². The SMILES string of the molecule is CC(=O)OC(=S)CCC(F)=C(F)F. The van der Waals surface area contributed by atoms with Crippen LogP contribution < -0.4 is 0 Å². The number of allylic oxidation sites excluding steroid dienone is 1. The molecule has 0 aromatic heterocycles. The van der Waals surface area contributed by atoms with Crippen molar-refractivity contribution in [3.05, 3.63) is 11.9 Å². The van der Waals surface area contributed by atoms with E-state index >= 15 is 0 Å². The van der Waals surface area contributed by atoms with Crippen LogP contribution in [0.2, 0.25) is 0 Å². The number of carbonyl (C=O) groups excluding carboxylic acids is 1. The molecular weight excluding hydrogens is 205 g/mol. The highest BCUT2D eigenvalue weighted by molar-refractivity contribution is 7.80. The van der Waals surface area contributed by atoms with Crippen molar-refractivity contribution in [2.75, 3.05) is 0 Å². The average molecular weight is 212 g/mol. The molecule has 0 aliphatic heterocycles. The van der Waals surface area contributed by atoms with Crippen molar-refractivity contribution in [2.45, 2.75) is 19.8 Å². The molecule has 0 rings (SSSR count). The molecule has 0 heterocycles. The first-order valence-corrected chi connectivity index (χ1v) is 3.75. The van der Waals surface area contributed by atoms with Crippen LogP contribution in [-0.4, -0.2) is 11.0 Å². The lowest BCUT2D eigenvalue weighted by atomic mass is 10.3. The van der Waals surface area contributed by atoms with Crippen molar-refractivity contribution in [2.24, 2.45) is 0 Å². The van der Waals surface area contributed by atoms with Gasteiger partial charge in [-0.25, -0.2) is 4.39 Å². The van der Waals surface area contributed by atoms with Gasteiger partial charge in [-0.1, -0.05) is 0 Å². The zero-order valence-corrected chi connectivity index (χ0v) is 7.59. The molecule has 74 valence electrons. The zero-order chi connectivity index (χ0) is 10.4. The molecule has 0 atom stereocenters. The number of halogens is 3. The van der Waals surface area contributed by atoms with Gasteiger partial charge in [0.05, 0.1) is 0 Å². The van der Waals surface area contributed by atoms with Gasteiger partial charge in [-0.15, -0.1) is 0 Å². The Hall–Kier alpha value is -0.910. The summed E-state index contributed by atoms with van der Waals surface area (Å²) < 4.78 is 39.5. The quantitative estimate of drug-likeness (QED) is 0.531. The summed E-state index contributed by atoms with van der Waals surface area (Å²) in [5, 5.41) is -0.191. The number of hydrogen-bond acceptors (Lipinski definition) is 3. The molecule has 0 fully saturated rings.